The molecular formula is C8H18N2O2. The first-order valence-electron chi connectivity index (χ1n) is 4.54. The van der Waals surface area contributed by atoms with Gasteiger partial charge in [-0.15, -0.1) is 0 Å². The van der Waals surface area contributed by atoms with Gasteiger partial charge in [0.15, 0.2) is 0 Å². The molecule has 0 aromatic rings. The molecule has 72 valence electrons. The van der Waals surface area contributed by atoms with Crippen molar-refractivity contribution < 1.29 is 10.2 Å². The quantitative estimate of drug-likeness (QED) is 0.502. The first-order valence-corrected chi connectivity index (χ1v) is 4.54. The molecule has 0 aromatic heterocycles. The number of aliphatic hydroxyl groups excluding tert-OH is 2. The fourth-order valence-corrected chi connectivity index (χ4v) is 1.79. The Bertz CT molecular complexity index is 141. The zero-order chi connectivity index (χ0) is 9.14. The summed E-state index contributed by atoms with van der Waals surface area (Å²) in [5.74, 6) is 0. The third kappa shape index (κ3) is 1.95. The third-order valence-electron chi connectivity index (χ3n) is 2.48. The first kappa shape index (κ1) is 9.92. The Morgan fingerprint density at radius 1 is 1.58 bits per heavy atom. The highest BCUT2D eigenvalue weighted by Crippen LogP contribution is 2.21. The summed E-state index contributed by atoms with van der Waals surface area (Å²) < 4.78 is 0. The van der Waals surface area contributed by atoms with Crippen molar-refractivity contribution in [2.24, 2.45) is 5.73 Å². The third-order valence-corrected chi connectivity index (χ3v) is 2.48. The predicted octanol–water partition coefficient (Wildman–Crippen LogP) is -0.544. The van der Waals surface area contributed by atoms with Crippen LogP contribution in [0.3, 0.4) is 0 Å². The number of rotatable bonds is 3. The van der Waals surface area contributed by atoms with Gasteiger partial charge in [-0.05, 0) is 19.3 Å². The Morgan fingerprint density at radius 2 is 2.25 bits per heavy atom. The number of nitrogens with zero attached hydrogens (tertiary/aromatic N) is 1. The molecular weight excluding hydrogens is 156 g/mol. The van der Waals surface area contributed by atoms with Gasteiger partial charge in [0.05, 0.1) is 6.04 Å². The summed E-state index contributed by atoms with van der Waals surface area (Å²) in [6.45, 7) is 2.76. The highest BCUT2D eigenvalue weighted by Gasteiger charge is 2.31. The summed E-state index contributed by atoms with van der Waals surface area (Å²) in [5, 5.41) is 18.7. The summed E-state index contributed by atoms with van der Waals surface area (Å²) in [6.07, 6.45) is 1.30. The molecule has 1 fully saturated rings. The minimum absolute atomic E-state index is 0.0556. The van der Waals surface area contributed by atoms with Gasteiger partial charge >= 0.3 is 0 Å². The van der Waals surface area contributed by atoms with E-state index in [0.717, 1.165) is 19.4 Å². The second-order valence-electron chi connectivity index (χ2n) is 3.33. The molecule has 4 heteroatoms. The number of nitrogens with two attached hydrogens (primary N) is 1. The summed E-state index contributed by atoms with van der Waals surface area (Å²) in [6, 6.07) is -0.0556. The Kier molecular flexibility index (Phi) is 3.46. The summed E-state index contributed by atoms with van der Waals surface area (Å²) in [5.41, 5.74) is 5.38. The van der Waals surface area contributed by atoms with Crippen LogP contribution < -0.4 is 5.73 Å². The predicted molar refractivity (Wildman–Crippen MR) is 46.2 cm³/mol. The zero-order valence-corrected chi connectivity index (χ0v) is 7.48. The number of hydrogen-bond acceptors (Lipinski definition) is 4. The van der Waals surface area contributed by atoms with Crippen molar-refractivity contribution in [1.29, 1.82) is 0 Å². The molecule has 0 amide bonds. The monoisotopic (exact) mass is 174 g/mol. The first-order chi connectivity index (χ1) is 5.66. The second-order valence-corrected chi connectivity index (χ2v) is 3.33. The summed E-state index contributed by atoms with van der Waals surface area (Å²) in [7, 11) is 0. The normalized spacial score (nSPS) is 30.5. The number of hydrogen-bond donors (Lipinski definition) is 3. The largest absolute Gasteiger partial charge is 0.378 e. The molecule has 0 radical (unpaired) electrons. The van der Waals surface area contributed by atoms with Crippen LogP contribution in [0.5, 0.6) is 0 Å². The van der Waals surface area contributed by atoms with E-state index >= 15 is 0 Å². The molecule has 4 N–H and O–H groups in total. The lowest BCUT2D eigenvalue weighted by Crippen LogP contribution is -2.48. The van der Waals surface area contributed by atoms with Crippen LogP contribution in [0.1, 0.15) is 26.2 Å². The molecule has 0 spiro atoms. The number of aliphatic hydroxyl groups is 2. The highest BCUT2D eigenvalue weighted by molar-refractivity contribution is 4.83. The lowest BCUT2D eigenvalue weighted by molar-refractivity contribution is -0.0413. The van der Waals surface area contributed by atoms with E-state index in [0.29, 0.717) is 6.42 Å². The summed E-state index contributed by atoms with van der Waals surface area (Å²) in [4.78, 5) is 1.88. The van der Waals surface area contributed by atoms with Crippen LogP contribution in [0.4, 0.5) is 0 Å². The van der Waals surface area contributed by atoms with E-state index in [1.54, 1.807) is 0 Å². The van der Waals surface area contributed by atoms with E-state index < -0.39 is 12.5 Å². The maximum Gasteiger partial charge on any atom is 0.118 e. The van der Waals surface area contributed by atoms with Crippen LogP contribution in [0.25, 0.3) is 0 Å². The van der Waals surface area contributed by atoms with Gasteiger partial charge < -0.3 is 15.9 Å². The van der Waals surface area contributed by atoms with Crippen molar-refractivity contribution in [3.05, 3.63) is 0 Å². The van der Waals surface area contributed by atoms with E-state index in [1.807, 2.05) is 11.8 Å². The molecule has 1 aliphatic heterocycles. The van der Waals surface area contributed by atoms with Gasteiger partial charge in [0, 0.05) is 6.54 Å². The van der Waals surface area contributed by atoms with Gasteiger partial charge in [-0.25, -0.2) is 0 Å². The molecule has 0 bridgehead atoms. The molecule has 1 heterocycles. The average Bonchev–Trinajstić information content (AvgIpc) is 2.50. The van der Waals surface area contributed by atoms with Crippen LogP contribution >= 0.6 is 0 Å². The van der Waals surface area contributed by atoms with Gasteiger partial charge in [-0.1, -0.05) is 6.92 Å². The standard InChI is InChI=1S/C8H18N2O2/c1-2-7(11)10-5-3-4-6(10)8(9)12/h6-8,11-12H,2-5,9H2,1H3. The molecule has 0 saturated carbocycles. The maximum atomic E-state index is 9.54. The van der Waals surface area contributed by atoms with Crippen molar-refractivity contribution in [2.75, 3.05) is 6.54 Å². The van der Waals surface area contributed by atoms with Crippen molar-refractivity contribution >= 4 is 0 Å². The molecule has 3 unspecified atom stereocenters. The molecule has 4 nitrogen and oxygen atoms in total. The van der Waals surface area contributed by atoms with Gasteiger partial charge in [0.2, 0.25) is 0 Å². The van der Waals surface area contributed by atoms with E-state index in [4.69, 9.17) is 5.73 Å². The lowest BCUT2D eigenvalue weighted by atomic mass is 10.2. The molecule has 1 saturated heterocycles. The minimum Gasteiger partial charge on any atom is -0.378 e. The Morgan fingerprint density at radius 3 is 2.75 bits per heavy atom. The fraction of sp³-hybridized carbons (Fsp3) is 1.00. The molecule has 1 aliphatic rings. The van der Waals surface area contributed by atoms with E-state index in [-0.39, 0.29) is 6.04 Å². The van der Waals surface area contributed by atoms with Crippen molar-refractivity contribution in [3.8, 4) is 0 Å². The Labute approximate surface area is 73.0 Å². The van der Waals surface area contributed by atoms with Crippen molar-refractivity contribution in [2.45, 2.75) is 44.7 Å². The maximum absolute atomic E-state index is 9.54. The minimum atomic E-state index is -0.825. The molecule has 0 aliphatic carbocycles. The summed E-state index contributed by atoms with van der Waals surface area (Å²) >= 11 is 0. The van der Waals surface area contributed by atoms with Crippen LogP contribution in [0.2, 0.25) is 0 Å². The fourth-order valence-electron chi connectivity index (χ4n) is 1.79. The van der Waals surface area contributed by atoms with Crippen LogP contribution in [0.15, 0.2) is 0 Å². The van der Waals surface area contributed by atoms with E-state index in [9.17, 15) is 10.2 Å². The van der Waals surface area contributed by atoms with Crippen LogP contribution in [-0.2, 0) is 0 Å². The van der Waals surface area contributed by atoms with Gasteiger partial charge in [0.25, 0.3) is 0 Å². The van der Waals surface area contributed by atoms with Gasteiger partial charge in [-0.2, -0.15) is 0 Å². The Balaban J connectivity index is 2.51. The smallest absolute Gasteiger partial charge is 0.118 e. The second kappa shape index (κ2) is 4.18. The van der Waals surface area contributed by atoms with Crippen molar-refractivity contribution in [1.82, 2.24) is 4.90 Å². The number of likely N-dealkylation sites (tertiary alicyclic amines) is 1. The molecule has 0 aromatic carbocycles. The molecule has 12 heavy (non-hydrogen) atoms. The van der Waals surface area contributed by atoms with E-state index in [2.05, 4.69) is 0 Å². The molecule has 3 atom stereocenters. The average molecular weight is 174 g/mol. The Hall–Kier alpha value is -0.160. The molecule has 1 rings (SSSR count). The zero-order valence-electron chi connectivity index (χ0n) is 7.48. The van der Waals surface area contributed by atoms with Crippen LogP contribution in [0, 0.1) is 0 Å². The topological polar surface area (TPSA) is 69.7 Å². The van der Waals surface area contributed by atoms with Gasteiger partial charge in [-0.3, -0.25) is 4.90 Å². The lowest BCUT2D eigenvalue weighted by Gasteiger charge is -2.30. The SMILES string of the molecule is CCC(O)N1CCCC1C(N)O. The van der Waals surface area contributed by atoms with Gasteiger partial charge in [0.1, 0.15) is 12.5 Å². The van der Waals surface area contributed by atoms with Crippen molar-refractivity contribution in [3.63, 3.8) is 0 Å². The highest BCUT2D eigenvalue weighted by atomic mass is 16.3. The van der Waals surface area contributed by atoms with E-state index in [1.165, 1.54) is 0 Å². The van der Waals surface area contributed by atoms with Crippen LogP contribution in [-0.4, -0.2) is 40.2 Å².